The van der Waals surface area contributed by atoms with E-state index in [0.717, 1.165) is 18.8 Å². The third-order valence-electron chi connectivity index (χ3n) is 3.52. The molecule has 2 rings (SSSR count). The van der Waals surface area contributed by atoms with E-state index in [-0.39, 0.29) is 0 Å². The van der Waals surface area contributed by atoms with Gasteiger partial charge in [-0.1, -0.05) is 0 Å². The first kappa shape index (κ1) is 13.7. The summed E-state index contributed by atoms with van der Waals surface area (Å²) in [6, 6.07) is 2.22. The van der Waals surface area contributed by atoms with Crippen LogP contribution in [0.15, 0.2) is 18.5 Å². The highest BCUT2D eigenvalue weighted by molar-refractivity contribution is 5.40. The summed E-state index contributed by atoms with van der Waals surface area (Å²) < 4.78 is 9.12. The third-order valence-corrected chi connectivity index (χ3v) is 3.52. The van der Waals surface area contributed by atoms with Gasteiger partial charge in [0.1, 0.15) is 0 Å². The summed E-state index contributed by atoms with van der Waals surface area (Å²) in [6.45, 7) is 6.55. The van der Waals surface area contributed by atoms with Crippen molar-refractivity contribution < 1.29 is 4.74 Å². The Morgan fingerprint density at radius 1 is 1.37 bits per heavy atom. The molecule has 0 saturated carbocycles. The van der Waals surface area contributed by atoms with Crippen LogP contribution < -0.4 is 5.32 Å². The van der Waals surface area contributed by atoms with Crippen molar-refractivity contribution in [1.29, 1.82) is 0 Å². The number of methoxy groups -OCH3 is 1. The van der Waals surface area contributed by atoms with Gasteiger partial charge in [-0.15, -0.1) is 0 Å². The summed E-state index contributed by atoms with van der Waals surface area (Å²) >= 11 is 0. The fraction of sp³-hybridized carbons (Fsp3) is 0.500. The maximum Gasteiger partial charge on any atom is 0.0729 e. The molecule has 0 fully saturated rings. The van der Waals surface area contributed by atoms with E-state index in [1.807, 2.05) is 17.1 Å². The summed E-state index contributed by atoms with van der Waals surface area (Å²) in [7, 11) is 3.79. The van der Waals surface area contributed by atoms with Gasteiger partial charge in [-0.3, -0.25) is 4.68 Å². The van der Waals surface area contributed by atoms with Crippen LogP contribution in [0.4, 0.5) is 5.69 Å². The molecule has 2 aromatic heterocycles. The van der Waals surface area contributed by atoms with Crippen LogP contribution in [0.3, 0.4) is 0 Å². The van der Waals surface area contributed by atoms with Crippen LogP contribution >= 0.6 is 0 Å². The van der Waals surface area contributed by atoms with E-state index in [9.17, 15) is 0 Å². The Labute approximate surface area is 114 Å². The SMILES string of the molecule is COCCn1cc(NCc2cc(C)n(C)c2C)cn1. The Hall–Kier alpha value is -1.75. The lowest BCUT2D eigenvalue weighted by molar-refractivity contribution is 0.183. The topological polar surface area (TPSA) is 44.0 Å². The standard InChI is InChI=1S/C14H22N4O/c1-11-7-13(12(2)17(11)3)8-15-14-9-16-18(10-14)5-6-19-4/h7,9-10,15H,5-6,8H2,1-4H3. The number of anilines is 1. The highest BCUT2D eigenvalue weighted by atomic mass is 16.5. The van der Waals surface area contributed by atoms with Gasteiger partial charge in [0.05, 0.1) is 25.0 Å². The molecule has 0 bridgehead atoms. The number of ether oxygens (including phenoxy) is 1. The Balaban J connectivity index is 1.94. The van der Waals surface area contributed by atoms with Gasteiger partial charge < -0.3 is 14.6 Å². The highest BCUT2D eigenvalue weighted by Crippen LogP contribution is 2.15. The summed E-state index contributed by atoms with van der Waals surface area (Å²) in [5.41, 5.74) is 4.95. The number of aromatic nitrogens is 3. The molecule has 5 nitrogen and oxygen atoms in total. The van der Waals surface area contributed by atoms with Crippen LogP contribution in [0, 0.1) is 13.8 Å². The van der Waals surface area contributed by atoms with Crippen molar-refractivity contribution in [2.75, 3.05) is 19.0 Å². The summed E-state index contributed by atoms with van der Waals surface area (Å²) in [5.74, 6) is 0. The number of nitrogens with one attached hydrogen (secondary N) is 1. The molecule has 1 N–H and O–H groups in total. The fourth-order valence-electron chi connectivity index (χ4n) is 2.07. The Morgan fingerprint density at radius 3 is 2.79 bits per heavy atom. The predicted molar refractivity (Wildman–Crippen MR) is 76.3 cm³/mol. The molecule has 0 saturated heterocycles. The quantitative estimate of drug-likeness (QED) is 0.867. The van der Waals surface area contributed by atoms with E-state index in [1.54, 1.807) is 7.11 Å². The summed E-state index contributed by atoms with van der Waals surface area (Å²) in [4.78, 5) is 0. The molecule has 0 aliphatic rings. The van der Waals surface area contributed by atoms with E-state index in [1.165, 1.54) is 17.0 Å². The zero-order valence-corrected chi connectivity index (χ0v) is 12.1. The molecule has 0 spiro atoms. The van der Waals surface area contributed by atoms with Gasteiger partial charge in [-0.05, 0) is 25.5 Å². The van der Waals surface area contributed by atoms with E-state index in [0.29, 0.717) is 6.61 Å². The molecular formula is C14H22N4O. The molecule has 2 aromatic rings. The average molecular weight is 262 g/mol. The summed E-state index contributed by atoms with van der Waals surface area (Å²) in [6.07, 6.45) is 3.85. The highest BCUT2D eigenvalue weighted by Gasteiger charge is 2.06. The first-order valence-corrected chi connectivity index (χ1v) is 6.49. The van der Waals surface area contributed by atoms with Crippen molar-refractivity contribution in [2.24, 2.45) is 7.05 Å². The van der Waals surface area contributed by atoms with E-state index in [4.69, 9.17) is 4.74 Å². The molecule has 2 heterocycles. The maximum absolute atomic E-state index is 5.03. The number of hydrogen-bond acceptors (Lipinski definition) is 3. The normalized spacial score (nSPS) is 10.9. The molecule has 0 aromatic carbocycles. The van der Waals surface area contributed by atoms with Crippen molar-refractivity contribution >= 4 is 5.69 Å². The van der Waals surface area contributed by atoms with E-state index < -0.39 is 0 Å². The van der Waals surface area contributed by atoms with Crippen LogP contribution in [0.5, 0.6) is 0 Å². The van der Waals surface area contributed by atoms with Crippen molar-refractivity contribution in [3.63, 3.8) is 0 Å². The van der Waals surface area contributed by atoms with Gasteiger partial charge in [0.2, 0.25) is 0 Å². The van der Waals surface area contributed by atoms with Gasteiger partial charge in [0.15, 0.2) is 0 Å². The maximum atomic E-state index is 5.03. The smallest absolute Gasteiger partial charge is 0.0729 e. The molecule has 0 radical (unpaired) electrons. The lowest BCUT2D eigenvalue weighted by atomic mass is 10.2. The van der Waals surface area contributed by atoms with Gasteiger partial charge in [0.25, 0.3) is 0 Å². The lowest BCUT2D eigenvalue weighted by Gasteiger charge is -2.04. The average Bonchev–Trinajstić information content (AvgIpc) is 2.95. The van der Waals surface area contributed by atoms with Crippen LogP contribution in [0.25, 0.3) is 0 Å². The van der Waals surface area contributed by atoms with Crippen molar-refractivity contribution in [1.82, 2.24) is 14.3 Å². The molecule has 0 amide bonds. The second-order valence-corrected chi connectivity index (χ2v) is 4.79. The van der Waals surface area contributed by atoms with Gasteiger partial charge in [-0.2, -0.15) is 5.10 Å². The number of aryl methyl sites for hydroxylation is 1. The Kier molecular flexibility index (Phi) is 4.27. The predicted octanol–water partition coefficient (Wildman–Crippen LogP) is 2.10. The number of nitrogens with zero attached hydrogens (tertiary/aromatic N) is 3. The largest absolute Gasteiger partial charge is 0.383 e. The Morgan fingerprint density at radius 2 is 2.16 bits per heavy atom. The van der Waals surface area contributed by atoms with Crippen LogP contribution in [-0.2, 0) is 24.9 Å². The molecule has 0 aliphatic carbocycles. The second-order valence-electron chi connectivity index (χ2n) is 4.79. The molecule has 5 heteroatoms. The van der Waals surface area contributed by atoms with Crippen molar-refractivity contribution in [3.05, 3.63) is 35.4 Å². The van der Waals surface area contributed by atoms with Crippen molar-refractivity contribution in [2.45, 2.75) is 26.9 Å². The fourth-order valence-corrected chi connectivity index (χ4v) is 2.07. The minimum absolute atomic E-state index is 0.679. The van der Waals surface area contributed by atoms with Gasteiger partial charge in [0, 0.05) is 38.3 Å². The first-order valence-electron chi connectivity index (χ1n) is 6.49. The molecule has 0 unspecified atom stereocenters. The van der Waals surface area contributed by atoms with Crippen LogP contribution in [-0.4, -0.2) is 28.1 Å². The Bertz CT molecular complexity index is 542. The first-order chi connectivity index (χ1) is 9.11. The third kappa shape index (κ3) is 3.17. The van der Waals surface area contributed by atoms with Gasteiger partial charge in [-0.25, -0.2) is 0 Å². The molecule has 19 heavy (non-hydrogen) atoms. The van der Waals surface area contributed by atoms with Crippen LogP contribution in [0.1, 0.15) is 17.0 Å². The zero-order valence-electron chi connectivity index (χ0n) is 12.1. The zero-order chi connectivity index (χ0) is 13.8. The molecule has 0 atom stereocenters. The number of rotatable bonds is 6. The minimum Gasteiger partial charge on any atom is -0.383 e. The van der Waals surface area contributed by atoms with Crippen molar-refractivity contribution in [3.8, 4) is 0 Å². The second kappa shape index (κ2) is 5.93. The van der Waals surface area contributed by atoms with E-state index >= 15 is 0 Å². The van der Waals surface area contributed by atoms with Crippen LogP contribution in [0.2, 0.25) is 0 Å². The summed E-state index contributed by atoms with van der Waals surface area (Å²) in [5, 5.41) is 7.68. The lowest BCUT2D eigenvalue weighted by Crippen LogP contribution is -2.04. The monoisotopic (exact) mass is 262 g/mol. The van der Waals surface area contributed by atoms with E-state index in [2.05, 4.69) is 41.9 Å². The molecule has 0 aliphatic heterocycles. The molecule has 104 valence electrons. The minimum atomic E-state index is 0.679. The number of hydrogen-bond donors (Lipinski definition) is 1. The molecular weight excluding hydrogens is 240 g/mol. The van der Waals surface area contributed by atoms with Gasteiger partial charge >= 0.3 is 0 Å².